The van der Waals surface area contributed by atoms with Gasteiger partial charge in [0.15, 0.2) is 0 Å². The minimum Gasteiger partial charge on any atom is -0.325 e. The van der Waals surface area contributed by atoms with Gasteiger partial charge in [0.1, 0.15) is 0 Å². The molecule has 2 N–H and O–H groups in total. The van der Waals surface area contributed by atoms with Crippen LogP contribution in [0.15, 0.2) is 30.3 Å². The molecule has 1 aromatic carbocycles. The van der Waals surface area contributed by atoms with Gasteiger partial charge in [-0.3, -0.25) is 24.1 Å². The van der Waals surface area contributed by atoms with Crippen molar-refractivity contribution in [2.75, 3.05) is 43.4 Å². The number of nitrogens with zero attached hydrogens (tertiary/aromatic N) is 4. The molecule has 0 spiro atoms. The SMILES string of the molecule is Cc1nn(C)c(C)c1NC(=O)C(C)N1CCN(CC(=O)Nc2ccccc2)CC1. The number of aromatic nitrogens is 2. The van der Waals surface area contributed by atoms with E-state index in [9.17, 15) is 9.59 Å². The highest BCUT2D eigenvalue weighted by molar-refractivity contribution is 5.95. The predicted octanol–water partition coefficient (Wildman–Crippen LogP) is 1.62. The third-order valence-corrected chi connectivity index (χ3v) is 5.52. The van der Waals surface area contributed by atoms with Crippen LogP contribution in [0.2, 0.25) is 0 Å². The zero-order valence-electron chi connectivity index (χ0n) is 17.6. The first-order valence-electron chi connectivity index (χ1n) is 9.97. The van der Waals surface area contributed by atoms with Crippen molar-refractivity contribution in [3.05, 3.63) is 41.7 Å². The summed E-state index contributed by atoms with van der Waals surface area (Å²) in [6.45, 7) is 9.13. The van der Waals surface area contributed by atoms with Gasteiger partial charge in [-0.1, -0.05) is 18.2 Å². The zero-order valence-corrected chi connectivity index (χ0v) is 17.6. The third-order valence-electron chi connectivity index (χ3n) is 5.52. The summed E-state index contributed by atoms with van der Waals surface area (Å²) in [6.07, 6.45) is 0. The van der Waals surface area contributed by atoms with Crippen molar-refractivity contribution in [1.29, 1.82) is 0 Å². The number of hydrogen-bond donors (Lipinski definition) is 2. The highest BCUT2D eigenvalue weighted by Gasteiger charge is 2.27. The molecule has 8 nitrogen and oxygen atoms in total. The quantitative estimate of drug-likeness (QED) is 0.773. The van der Waals surface area contributed by atoms with Gasteiger partial charge in [0, 0.05) is 38.9 Å². The average Bonchev–Trinajstić information content (AvgIpc) is 2.94. The van der Waals surface area contributed by atoms with Crippen molar-refractivity contribution < 1.29 is 9.59 Å². The molecule has 0 saturated carbocycles. The zero-order chi connectivity index (χ0) is 21.0. The Morgan fingerprint density at radius 2 is 1.72 bits per heavy atom. The maximum absolute atomic E-state index is 12.7. The molecule has 1 saturated heterocycles. The maximum Gasteiger partial charge on any atom is 0.241 e. The Morgan fingerprint density at radius 1 is 1.07 bits per heavy atom. The number of carbonyl (C=O) groups is 2. The van der Waals surface area contributed by atoms with Crippen LogP contribution in [0, 0.1) is 13.8 Å². The van der Waals surface area contributed by atoms with Crippen LogP contribution < -0.4 is 10.6 Å². The monoisotopic (exact) mass is 398 g/mol. The summed E-state index contributed by atoms with van der Waals surface area (Å²) in [5.74, 6) is -0.0440. The molecule has 1 aliphatic heterocycles. The molecule has 2 amide bonds. The molecule has 1 atom stereocenters. The first-order valence-corrected chi connectivity index (χ1v) is 9.97. The number of para-hydroxylation sites is 1. The van der Waals surface area contributed by atoms with Gasteiger partial charge in [0.05, 0.1) is 29.7 Å². The number of piperazine rings is 1. The normalized spacial score (nSPS) is 16.4. The molecule has 29 heavy (non-hydrogen) atoms. The fraction of sp³-hybridized carbons (Fsp3) is 0.476. The smallest absolute Gasteiger partial charge is 0.241 e. The van der Waals surface area contributed by atoms with Crippen molar-refractivity contribution >= 4 is 23.2 Å². The molecule has 1 aliphatic rings. The van der Waals surface area contributed by atoms with Gasteiger partial charge in [-0.25, -0.2) is 0 Å². The Hall–Kier alpha value is -2.71. The Kier molecular flexibility index (Phi) is 6.66. The van der Waals surface area contributed by atoms with Crippen LogP contribution in [0.4, 0.5) is 11.4 Å². The molecule has 1 aromatic heterocycles. The minimum atomic E-state index is -0.241. The van der Waals surface area contributed by atoms with E-state index in [0.29, 0.717) is 6.54 Å². The first-order chi connectivity index (χ1) is 13.8. The lowest BCUT2D eigenvalue weighted by atomic mass is 10.2. The van der Waals surface area contributed by atoms with Gasteiger partial charge in [0.2, 0.25) is 11.8 Å². The lowest BCUT2D eigenvalue weighted by Gasteiger charge is -2.37. The topological polar surface area (TPSA) is 82.5 Å². The van der Waals surface area contributed by atoms with Crippen LogP contribution in [-0.4, -0.2) is 70.2 Å². The summed E-state index contributed by atoms with van der Waals surface area (Å²) in [5.41, 5.74) is 3.36. The van der Waals surface area contributed by atoms with Gasteiger partial charge >= 0.3 is 0 Å². The lowest BCUT2D eigenvalue weighted by molar-refractivity contribution is -0.122. The minimum absolute atomic E-state index is 0.0158. The average molecular weight is 399 g/mol. The Labute approximate surface area is 171 Å². The molecule has 156 valence electrons. The summed E-state index contributed by atoms with van der Waals surface area (Å²) < 4.78 is 1.77. The fourth-order valence-corrected chi connectivity index (χ4v) is 3.58. The number of aryl methyl sites for hydroxylation is 2. The summed E-state index contributed by atoms with van der Waals surface area (Å²) in [7, 11) is 1.87. The largest absolute Gasteiger partial charge is 0.325 e. The van der Waals surface area contributed by atoms with E-state index < -0.39 is 0 Å². The van der Waals surface area contributed by atoms with Crippen LogP contribution in [0.5, 0.6) is 0 Å². The van der Waals surface area contributed by atoms with Crippen molar-refractivity contribution in [1.82, 2.24) is 19.6 Å². The number of carbonyl (C=O) groups excluding carboxylic acids is 2. The van der Waals surface area contributed by atoms with Gasteiger partial charge in [-0.15, -0.1) is 0 Å². The van der Waals surface area contributed by atoms with E-state index in [4.69, 9.17) is 0 Å². The molecule has 0 radical (unpaired) electrons. The molecule has 1 fully saturated rings. The Bertz CT molecular complexity index is 856. The number of nitrogens with one attached hydrogen (secondary N) is 2. The Morgan fingerprint density at radius 3 is 2.31 bits per heavy atom. The second-order valence-corrected chi connectivity index (χ2v) is 7.56. The van der Waals surface area contributed by atoms with Crippen molar-refractivity contribution in [3.8, 4) is 0 Å². The summed E-state index contributed by atoms with van der Waals surface area (Å²) >= 11 is 0. The second-order valence-electron chi connectivity index (χ2n) is 7.56. The van der Waals surface area contributed by atoms with Crippen LogP contribution in [-0.2, 0) is 16.6 Å². The van der Waals surface area contributed by atoms with Crippen molar-refractivity contribution in [2.45, 2.75) is 26.8 Å². The Balaban J connectivity index is 1.47. The van der Waals surface area contributed by atoms with E-state index in [-0.39, 0.29) is 17.9 Å². The lowest BCUT2D eigenvalue weighted by Crippen LogP contribution is -2.53. The van der Waals surface area contributed by atoms with Crippen molar-refractivity contribution in [3.63, 3.8) is 0 Å². The van der Waals surface area contributed by atoms with E-state index in [2.05, 4.69) is 25.5 Å². The third kappa shape index (κ3) is 5.21. The van der Waals surface area contributed by atoms with Gasteiger partial charge in [-0.2, -0.15) is 5.10 Å². The fourth-order valence-electron chi connectivity index (χ4n) is 3.58. The number of amides is 2. The van der Waals surface area contributed by atoms with Gasteiger partial charge in [-0.05, 0) is 32.9 Å². The molecular weight excluding hydrogens is 368 g/mol. The van der Waals surface area contributed by atoms with Gasteiger partial charge in [0.25, 0.3) is 0 Å². The standard InChI is InChI=1S/C21H30N6O2/c1-15-20(16(2)25(4)24-15)23-21(29)17(3)27-12-10-26(11-13-27)14-19(28)22-18-8-6-5-7-9-18/h5-9,17H,10-14H2,1-4H3,(H,22,28)(H,23,29). The molecule has 3 rings (SSSR count). The van der Waals surface area contributed by atoms with Gasteiger partial charge < -0.3 is 10.6 Å². The van der Waals surface area contributed by atoms with Crippen LogP contribution in [0.25, 0.3) is 0 Å². The van der Waals surface area contributed by atoms with Crippen LogP contribution in [0.3, 0.4) is 0 Å². The number of benzene rings is 1. The molecule has 2 aromatic rings. The highest BCUT2D eigenvalue weighted by Crippen LogP contribution is 2.19. The highest BCUT2D eigenvalue weighted by atomic mass is 16.2. The summed E-state index contributed by atoms with van der Waals surface area (Å²) in [5, 5.41) is 10.3. The number of hydrogen-bond acceptors (Lipinski definition) is 5. The van der Waals surface area contributed by atoms with E-state index in [1.807, 2.05) is 58.2 Å². The summed E-state index contributed by atoms with van der Waals surface area (Å²) in [6, 6.07) is 9.23. The van der Waals surface area contributed by atoms with Crippen molar-refractivity contribution in [2.24, 2.45) is 7.05 Å². The van der Waals surface area contributed by atoms with Crippen LogP contribution in [0.1, 0.15) is 18.3 Å². The number of rotatable bonds is 6. The maximum atomic E-state index is 12.7. The van der Waals surface area contributed by atoms with E-state index in [1.165, 1.54) is 0 Å². The van der Waals surface area contributed by atoms with E-state index >= 15 is 0 Å². The summed E-state index contributed by atoms with van der Waals surface area (Å²) in [4.78, 5) is 29.2. The van der Waals surface area contributed by atoms with E-state index in [0.717, 1.165) is 48.9 Å². The molecule has 0 bridgehead atoms. The first kappa shape index (κ1) is 21.0. The van der Waals surface area contributed by atoms with Crippen LogP contribution >= 0.6 is 0 Å². The number of anilines is 2. The molecule has 0 aliphatic carbocycles. The van der Waals surface area contributed by atoms with E-state index in [1.54, 1.807) is 4.68 Å². The second kappa shape index (κ2) is 9.19. The molecule has 2 heterocycles. The molecule has 8 heteroatoms. The molecular formula is C21H30N6O2. The molecule has 1 unspecified atom stereocenters. The predicted molar refractivity (Wildman–Crippen MR) is 114 cm³/mol.